The second-order valence-corrected chi connectivity index (χ2v) is 6.34. The Morgan fingerprint density at radius 1 is 1.10 bits per heavy atom. The molecule has 2 aromatic rings. The van der Waals surface area contributed by atoms with Crippen LogP contribution in [-0.4, -0.2) is 5.84 Å². The first-order valence-electron chi connectivity index (χ1n) is 6.70. The molecule has 0 bridgehead atoms. The Bertz CT molecular complexity index is 675. The van der Waals surface area contributed by atoms with E-state index >= 15 is 0 Å². The third-order valence-corrected chi connectivity index (χ3v) is 3.38. The monoisotopic (exact) mass is 302 g/mol. The Morgan fingerprint density at radius 2 is 1.76 bits per heavy atom. The molecule has 0 spiro atoms. The number of rotatable bonds is 3. The van der Waals surface area contributed by atoms with E-state index in [2.05, 4.69) is 20.8 Å². The Labute approximate surface area is 130 Å². The molecule has 0 heterocycles. The fraction of sp³-hybridized carbons (Fsp3) is 0.235. The first-order valence-corrected chi connectivity index (χ1v) is 7.08. The topological polar surface area (TPSA) is 59.1 Å². The van der Waals surface area contributed by atoms with Crippen molar-refractivity contribution in [2.24, 2.45) is 5.73 Å². The van der Waals surface area contributed by atoms with Crippen LogP contribution in [0.5, 0.6) is 11.5 Å². The lowest BCUT2D eigenvalue weighted by Crippen LogP contribution is -2.14. The smallest absolute Gasteiger partial charge is 0.138 e. The minimum absolute atomic E-state index is 0.0423. The summed E-state index contributed by atoms with van der Waals surface area (Å²) in [6, 6.07) is 13.0. The molecule has 0 unspecified atom stereocenters. The number of para-hydroxylation sites is 1. The second kappa shape index (κ2) is 5.78. The molecule has 4 heteroatoms. The Hall–Kier alpha value is -2.00. The van der Waals surface area contributed by atoms with Crippen molar-refractivity contribution >= 4 is 17.4 Å². The predicted molar refractivity (Wildman–Crippen MR) is 87.7 cm³/mol. The van der Waals surface area contributed by atoms with Gasteiger partial charge in [-0.15, -0.1) is 0 Å². The average Bonchev–Trinajstić information content (AvgIpc) is 2.40. The summed E-state index contributed by atoms with van der Waals surface area (Å²) in [4.78, 5) is 0. The van der Waals surface area contributed by atoms with Gasteiger partial charge in [0.2, 0.25) is 0 Å². The fourth-order valence-corrected chi connectivity index (χ4v) is 2.27. The normalized spacial score (nSPS) is 11.2. The molecule has 21 heavy (non-hydrogen) atoms. The summed E-state index contributed by atoms with van der Waals surface area (Å²) in [6.07, 6.45) is 0. The van der Waals surface area contributed by atoms with Crippen LogP contribution in [-0.2, 0) is 5.41 Å². The van der Waals surface area contributed by atoms with Crippen molar-refractivity contribution in [3.8, 4) is 11.5 Å². The van der Waals surface area contributed by atoms with Gasteiger partial charge in [0.1, 0.15) is 17.3 Å². The Kier molecular flexibility index (Phi) is 4.24. The molecule has 110 valence electrons. The third kappa shape index (κ3) is 3.56. The summed E-state index contributed by atoms with van der Waals surface area (Å²) >= 11 is 5.96. The van der Waals surface area contributed by atoms with Crippen molar-refractivity contribution in [2.45, 2.75) is 26.2 Å². The number of amidine groups is 1. The molecule has 0 fully saturated rings. The van der Waals surface area contributed by atoms with Gasteiger partial charge in [-0.25, -0.2) is 0 Å². The maximum Gasteiger partial charge on any atom is 0.138 e. The Morgan fingerprint density at radius 3 is 2.38 bits per heavy atom. The van der Waals surface area contributed by atoms with E-state index in [1.807, 2.05) is 24.3 Å². The average molecular weight is 303 g/mol. The molecule has 0 aliphatic carbocycles. The van der Waals surface area contributed by atoms with Crippen molar-refractivity contribution in [1.29, 1.82) is 5.41 Å². The number of hydrogen-bond donors (Lipinski definition) is 2. The van der Waals surface area contributed by atoms with Gasteiger partial charge in [-0.2, -0.15) is 0 Å². The van der Waals surface area contributed by atoms with Crippen LogP contribution >= 0.6 is 11.6 Å². The van der Waals surface area contributed by atoms with Gasteiger partial charge < -0.3 is 10.5 Å². The zero-order valence-electron chi connectivity index (χ0n) is 12.4. The molecule has 0 radical (unpaired) electrons. The van der Waals surface area contributed by atoms with Crippen molar-refractivity contribution in [3.05, 3.63) is 58.6 Å². The predicted octanol–water partition coefficient (Wildman–Crippen LogP) is 4.71. The molecule has 3 nitrogen and oxygen atoms in total. The summed E-state index contributed by atoms with van der Waals surface area (Å²) in [5, 5.41) is 8.18. The van der Waals surface area contributed by atoms with E-state index in [1.165, 1.54) is 0 Å². The van der Waals surface area contributed by atoms with E-state index in [9.17, 15) is 0 Å². The van der Waals surface area contributed by atoms with Gasteiger partial charge in [0, 0.05) is 10.6 Å². The molecule has 0 aliphatic rings. The second-order valence-electron chi connectivity index (χ2n) is 5.90. The summed E-state index contributed by atoms with van der Waals surface area (Å²) in [5.41, 5.74) is 7.15. The van der Waals surface area contributed by atoms with E-state index in [-0.39, 0.29) is 11.3 Å². The zero-order valence-corrected chi connectivity index (χ0v) is 13.2. The lowest BCUT2D eigenvalue weighted by molar-refractivity contribution is 0.454. The molecule has 0 aromatic heterocycles. The van der Waals surface area contributed by atoms with Crippen LogP contribution in [0.4, 0.5) is 0 Å². The van der Waals surface area contributed by atoms with Crippen molar-refractivity contribution in [3.63, 3.8) is 0 Å². The van der Waals surface area contributed by atoms with E-state index in [4.69, 9.17) is 27.5 Å². The highest BCUT2D eigenvalue weighted by molar-refractivity contribution is 6.31. The van der Waals surface area contributed by atoms with E-state index in [1.54, 1.807) is 18.2 Å². The van der Waals surface area contributed by atoms with Crippen LogP contribution in [0.25, 0.3) is 0 Å². The van der Waals surface area contributed by atoms with Gasteiger partial charge in [-0.1, -0.05) is 50.6 Å². The van der Waals surface area contributed by atoms with Gasteiger partial charge >= 0.3 is 0 Å². The third-order valence-electron chi connectivity index (χ3n) is 3.15. The molecule has 0 saturated carbocycles. The van der Waals surface area contributed by atoms with Crippen molar-refractivity contribution < 1.29 is 4.74 Å². The maximum absolute atomic E-state index is 7.65. The molecule has 0 atom stereocenters. The van der Waals surface area contributed by atoms with E-state index < -0.39 is 0 Å². The van der Waals surface area contributed by atoms with Crippen LogP contribution in [0.2, 0.25) is 5.02 Å². The summed E-state index contributed by atoms with van der Waals surface area (Å²) < 4.78 is 6.00. The highest BCUT2D eigenvalue weighted by Gasteiger charge is 2.19. The largest absolute Gasteiger partial charge is 0.456 e. The minimum atomic E-state index is -0.0688. The van der Waals surface area contributed by atoms with Crippen LogP contribution in [0.15, 0.2) is 42.5 Å². The molecule has 0 amide bonds. The van der Waals surface area contributed by atoms with E-state index in [0.717, 1.165) is 11.3 Å². The number of ether oxygens (including phenoxy) is 1. The van der Waals surface area contributed by atoms with Gasteiger partial charge in [-0.05, 0) is 29.7 Å². The van der Waals surface area contributed by atoms with Gasteiger partial charge in [0.05, 0.1) is 5.56 Å². The van der Waals surface area contributed by atoms with Gasteiger partial charge in [-0.3, -0.25) is 5.41 Å². The molecule has 0 aliphatic heterocycles. The number of nitrogen functional groups attached to an aromatic ring is 1. The zero-order chi connectivity index (χ0) is 15.6. The van der Waals surface area contributed by atoms with Crippen LogP contribution in [0.1, 0.15) is 31.9 Å². The number of hydrogen-bond acceptors (Lipinski definition) is 2. The number of halogens is 1. The van der Waals surface area contributed by atoms with Gasteiger partial charge in [0.15, 0.2) is 0 Å². The van der Waals surface area contributed by atoms with Crippen LogP contribution < -0.4 is 10.5 Å². The van der Waals surface area contributed by atoms with Gasteiger partial charge in [0.25, 0.3) is 0 Å². The molecular weight excluding hydrogens is 284 g/mol. The van der Waals surface area contributed by atoms with Crippen LogP contribution in [0.3, 0.4) is 0 Å². The first-order chi connectivity index (χ1) is 9.79. The maximum atomic E-state index is 7.65. The number of benzene rings is 2. The van der Waals surface area contributed by atoms with Crippen molar-refractivity contribution in [2.75, 3.05) is 0 Å². The standard InChI is InChI=1S/C17H19ClN2O/c1-17(2,3)13-6-4-5-7-15(13)21-14-9-8-11(18)10-12(14)16(19)20/h4-10H,1-3H3,(H3,19,20). The molecule has 3 N–H and O–H groups in total. The summed E-state index contributed by atoms with van der Waals surface area (Å²) in [6.45, 7) is 6.38. The first kappa shape index (κ1) is 15.4. The molecule has 2 rings (SSSR count). The summed E-state index contributed by atoms with van der Waals surface area (Å²) in [7, 11) is 0. The van der Waals surface area contributed by atoms with E-state index in [0.29, 0.717) is 16.3 Å². The quantitative estimate of drug-likeness (QED) is 0.637. The van der Waals surface area contributed by atoms with Crippen LogP contribution in [0, 0.1) is 5.41 Å². The highest BCUT2D eigenvalue weighted by Crippen LogP contribution is 2.35. The molecular formula is C17H19ClN2O. The minimum Gasteiger partial charge on any atom is -0.456 e. The molecule has 2 aromatic carbocycles. The lowest BCUT2D eigenvalue weighted by Gasteiger charge is -2.23. The highest BCUT2D eigenvalue weighted by atomic mass is 35.5. The number of nitrogens with two attached hydrogens (primary N) is 1. The van der Waals surface area contributed by atoms with Crippen molar-refractivity contribution in [1.82, 2.24) is 0 Å². The fourth-order valence-electron chi connectivity index (χ4n) is 2.10. The SMILES string of the molecule is CC(C)(C)c1ccccc1Oc1ccc(Cl)cc1C(=N)N. The Balaban J connectivity index is 2.47. The lowest BCUT2D eigenvalue weighted by atomic mass is 9.86. The molecule has 0 saturated heterocycles. The summed E-state index contributed by atoms with van der Waals surface area (Å²) in [5.74, 6) is 1.22. The number of nitrogens with one attached hydrogen (secondary N) is 1.